The molecule has 116 valence electrons. The molecule has 0 spiro atoms. The molecule has 1 aromatic rings. The van der Waals surface area contributed by atoms with Crippen LogP contribution in [-0.2, 0) is 4.74 Å². The normalized spacial score (nSPS) is 21.3. The third-order valence-electron chi connectivity index (χ3n) is 3.52. The van der Waals surface area contributed by atoms with Crippen molar-refractivity contribution in [3.05, 3.63) is 28.2 Å². The molecule has 0 aliphatic carbocycles. The molecule has 1 saturated heterocycles. The number of carbonyl (C=O) groups excluding carboxylic acids is 1. The van der Waals surface area contributed by atoms with Gasteiger partial charge in [0.25, 0.3) is 0 Å². The summed E-state index contributed by atoms with van der Waals surface area (Å²) in [6, 6.07) is 4.61. The molecule has 0 aromatic heterocycles. The second-order valence-corrected chi connectivity index (χ2v) is 6.02. The van der Waals surface area contributed by atoms with Gasteiger partial charge in [-0.3, -0.25) is 0 Å². The highest BCUT2D eigenvalue weighted by molar-refractivity contribution is 6.35. The van der Waals surface area contributed by atoms with Crippen LogP contribution in [0.1, 0.15) is 12.8 Å². The van der Waals surface area contributed by atoms with Gasteiger partial charge in [-0.2, -0.15) is 0 Å². The van der Waals surface area contributed by atoms with Crippen molar-refractivity contribution in [2.24, 2.45) is 0 Å². The molecule has 2 amide bonds. The zero-order chi connectivity index (χ0) is 15.3. The van der Waals surface area contributed by atoms with Crippen molar-refractivity contribution in [3.63, 3.8) is 0 Å². The number of carbonyl (C=O) groups is 1. The van der Waals surface area contributed by atoms with Crippen LogP contribution in [0.3, 0.4) is 0 Å². The van der Waals surface area contributed by atoms with Gasteiger partial charge in [-0.05, 0) is 37.6 Å². The fourth-order valence-electron chi connectivity index (χ4n) is 2.48. The number of rotatable bonds is 5. The van der Waals surface area contributed by atoms with Gasteiger partial charge in [0.05, 0.1) is 22.9 Å². The molecule has 3 N–H and O–H groups in total. The molecule has 1 fully saturated rings. The van der Waals surface area contributed by atoms with Crippen LogP contribution in [0.2, 0.25) is 10.0 Å². The molecule has 5 nitrogen and oxygen atoms in total. The van der Waals surface area contributed by atoms with Crippen LogP contribution in [0.15, 0.2) is 18.2 Å². The number of hydrogen-bond donors (Lipinski definition) is 3. The second-order valence-electron chi connectivity index (χ2n) is 5.18. The van der Waals surface area contributed by atoms with Crippen LogP contribution in [0.4, 0.5) is 10.5 Å². The molecule has 0 saturated carbocycles. The van der Waals surface area contributed by atoms with E-state index in [0.717, 1.165) is 19.4 Å². The summed E-state index contributed by atoms with van der Waals surface area (Å²) >= 11 is 11.9. The van der Waals surface area contributed by atoms with Gasteiger partial charge < -0.3 is 20.7 Å². The predicted octanol–water partition coefficient (Wildman–Crippen LogP) is 2.88. The van der Waals surface area contributed by atoms with Crippen molar-refractivity contribution in [1.82, 2.24) is 10.6 Å². The lowest BCUT2D eigenvalue weighted by atomic mass is 9.99. The summed E-state index contributed by atoms with van der Waals surface area (Å²) in [4.78, 5) is 12.0. The molecule has 0 radical (unpaired) electrons. The van der Waals surface area contributed by atoms with Crippen LogP contribution in [0.25, 0.3) is 0 Å². The molecule has 0 bridgehead atoms. The Labute approximate surface area is 134 Å². The van der Waals surface area contributed by atoms with Crippen LogP contribution < -0.4 is 16.0 Å². The molecule has 1 heterocycles. The summed E-state index contributed by atoms with van der Waals surface area (Å²) in [5, 5.41) is 9.91. The van der Waals surface area contributed by atoms with Gasteiger partial charge in [0.1, 0.15) is 0 Å². The minimum Gasteiger partial charge on any atom is -0.383 e. The van der Waals surface area contributed by atoms with Gasteiger partial charge in [-0.1, -0.05) is 23.2 Å². The Kier molecular flexibility index (Phi) is 5.70. The van der Waals surface area contributed by atoms with Crippen molar-refractivity contribution in [3.8, 4) is 0 Å². The van der Waals surface area contributed by atoms with Crippen molar-refractivity contribution < 1.29 is 9.53 Å². The Morgan fingerprint density at radius 1 is 1.48 bits per heavy atom. The first kappa shape index (κ1) is 16.4. The quantitative estimate of drug-likeness (QED) is 0.777. The van der Waals surface area contributed by atoms with E-state index in [2.05, 4.69) is 16.0 Å². The fourth-order valence-corrected chi connectivity index (χ4v) is 2.82. The zero-order valence-electron chi connectivity index (χ0n) is 11.8. The van der Waals surface area contributed by atoms with Crippen LogP contribution in [0.5, 0.6) is 0 Å². The minimum absolute atomic E-state index is 0.190. The number of benzene rings is 1. The number of urea groups is 1. The van der Waals surface area contributed by atoms with Crippen molar-refractivity contribution in [2.75, 3.05) is 32.1 Å². The molecule has 21 heavy (non-hydrogen) atoms. The van der Waals surface area contributed by atoms with E-state index < -0.39 is 0 Å². The van der Waals surface area contributed by atoms with E-state index in [1.807, 2.05) is 0 Å². The second kappa shape index (κ2) is 7.31. The Morgan fingerprint density at radius 3 is 2.95 bits per heavy atom. The number of amides is 2. The lowest BCUT2D eigenvalue weighted by Gasteiger charge is -2.29. The van der Waals surface area contributed by atoms with Gasteiger partial charge in [0, 0.05) is 18.7 Å². The minimum atomic E-state index is -0.316. The lowest BCUT2D eigenvalue weighted by Crippen LogP contribution is -2.53. The molecule has 1 aliphatic heterocycles. The van der Waals surface area contributed by atoms with Gasteiger partial charge in [-0.15, -0.1) is 0 Å². The first-order chi connectivity index (χ1) is 10.0. The van der Waals surface area contributed by atoms with Crippen LogP contribution in [0, 0.1) is 0 Å². The molecular weight excluding hydrogens is 313 g/mol. The maximum Gasteiger partial charge on any atom is 0.319 e. The number of anilines is 1. The maximum atomic E-state index is 12.0. The van der Waals surface area contributed by atoms with Gasteiger partial charge in [0.15, 0.2) is 0 Å². The Hall–Kier alpha value is -1.01. The van der Waals surface area contributed by atoms with E-state index in [1.165, 1.54) is 0 Å². The van der Waals surface area contributed by atoms with E-state index in [-0.39, 0.29) is 11.6 Å². The van der Waals surface area contributed by atoms with Crippen LogP contribution in [-0.4, -0.2) is 38.4 Å². The summed E-state index contributed by atoms with van der Waals surface area (Å²) < 4.78 is 5.24. The van der Waals surface area contributed by atoms with Gasteiger partial charge in [-0.25, -0.2) is 4.79 Å². The third kappa shape index (κ3) is 4.48. The average Bonchev–Trinajstić information content (AvgIpc) is 2.90. The standard InChI is InChI=1S/C14H19Cl2N3O2/c1-21-9-14(5-2-6-18-14)8-17-13(20)19-12-7-10(15)3-4-11(12)16/h3-4,7,18H,2,5-6,8-9H2,1H3,(H2,17,19,20). The van der Waals surface area contributed by atoms with E-state index in [9.17, 15) is 4.79 Å². The summed E-state index contributed by atoms with van der Waals surface area (Å²) in [6.45, 7) is 1.99. The maximum absolute atomic E-state index is 12.0. The Balaban J connectivity index is 1.91. The monoisotopic (exact) mass is 331 g/mol. The average molecular weight is 332 g/mol. The lowest BCUT2D eigenvalue weighted by molar-refractivity contribution is 0.120. The Morgan fingerprint density at radius 2 is 2.29 bits per heavy atom. The topological polar surface area (TPSA) is 62.4 Å². The van der Waals surface area contributed by atoms with Crippen LogP contribution >= 0.6 is 23.2 Å². The summed E-state index contributed by atoms with van der Waals surface area (Å²) in [7, 11) is 1.66. The van der Waals surface area contributed by atoms with Gasteiger partial charge >= 0.3 is 6.03 Å². The molecule has 7 heteroatoms. The van der Waals surface area contributed by atoms with Crippen molar-refractivity contribution >= 4 is 34.9 Å². The number of hydrogen-bond acceptors (Lipinski definition) is 3. The SMILES string of the molecule is COCC1(CNC(=O)Nc2cc(Cl)ccc2Cl)CCCN1. The first-order valence-corrected chi connectivity index (χ1v) is 7.54. The van der Waals surface area contributed by atoms with E-state index in [1.54, 1.807) is 25.3 Å². The highest BCUT2D eigenvalue weighted by atomic mass is 35.5. The van der Waals surface area contributed by atoms with Gasteiger partial charge in [0.2, 0.25) is 0 Å². The van der Waals surface area contributed by atoms with E-state index in [4.69, 9.17) is 27.9 Å². The number of methoxy groups -OCH3 is 1. The number of halogens is 2. The Bertz CT molecular complexity index is 505. The highest BCUT2D eigenvalue weighted by Gasteiger charge is 2.33. The number of nitrogens with one attached hydrogen (secondary N) is 3. The molecule has 1 aliphatic rings. The van der Waals surface area contributed by atoms with E-state index in [0.29, 0.717) is 28.9 Å². The first-order valence-electron chi connectivity index (χ1n) is 6.78. The number of ether oxygens (including phenoxy) is 1. The fraction of sp³-hybridized carbons (Fsp3) is 0.500. The largest absolute Gasteiger partial charge is 0.383 e. The zero-order valence-corrected chi connectivity index (χ0v) is 13.4. The smallest absolute Gasteiger partial charge is 0.319 e. The van der Waals surface area contributed by atoms with Crippen molar-refractivity contribution in [1.29, 1.82) is 0 Å². The molecule has 2 rings (SSSR count). The molecule has 1 aromatic carbocycles. The van der Waals surface area contributed by atoms with E-state index >= 15 is 0 Å². The molecule has 1 unspecified atom stereocenters. The summed E-state index contributed by atoms with van der Waals surface area (Å²) in [6.07, 6.45) is 2.05. The molecule has 1 atom stereocenters. The summed E-state index contributed by atoms with van der Waals surface area (Å²) in [5.41, 5.74) is 0.298. The third-order valence-corrected chi connectivity index (χ3v) is 4.08. The van der Waals surface area contributed by atoms with Crippen molar-refractivity contribution in [2.45, 2.75) is 18.4 Å². The summed E-state index contributed by atoms with van der Waals surface area (Å²) in [5.74, 6) is 0. The predicted molar refractivity (Wildman–Crippen MR) is 85.3 cm³/mol. The molecular formula is C14H19Cl2N3O2. The highest BCUT2D eigenvalue weighted by Crippen LogP contribution is 2.25.